The van der Waals surface area contributed by atoms with Gasteiger partial charge in [0.15, 0.2) is 0 Å². The Labute approximate surface area is 96.0 Å². The standard InChI is InChI=1S/C12H18N2O2/c1-14(11(8-13)12(15)16-2)9-10-6-4-3-5-7-10/h3-7,11H,8-9,13H2,1-2H3/t11-/m0/s1. The lowest BCUT2D eigenvalue weighted by Crippen LogP contribution is -2.44. The van der Waals surface area contributed by atoms with Gasteiger partial charge in [0.05, 0.1) is 7.11 Å². The topological polar surface area (TPSA) is 55.6 Å². The van der Waals surface area contributed by atoms with E-state index in [-0.39, 0.29) is 18.6 Å². The van der Waals surface area contributed by atoms with Gasteiger partial charge in [-0.2, -0.15) is 0 Å². The van der Waals surface area contributed by atoms with E-state index in [1.807, 2.05) is 42.3 Å². The van der Waals surface area contributed by atoms with Crippen LogP contribution in [0.3, 0.4) is 0 Å². The quantitative estimate of drug-likeness (QED) is 0.742. The molecule has 4 heteroatoms. The lowest BCUT2D eigenvalue weighted by Gasteiger charge is -2.24. The number of carbonyl (C=O) groups is 1. The van der Waals surface area contributed by atoms with Gasteiger partial charge in [0.1, 0.15) is 6.04 Å². The molecule has 16 heavy (non-hydrogen) atoms. The first-order valence-electron chi connectivity index (χ1n) is 5.21. The summed E-state index contributed by atoms with van der Waals surface area (Å²) in [6, 6.07) is 9.55. The number of hydrogen-bond donors (Lipinski definition) is 1. The molecule has 1 rings (SSSR count). The largest absolute Gasteiger partial charge is 0.468 e. The van der Waals surface area contributed by atoms with E-state index in [2.05, 4.69) is 0 Å². The zero-order chi connectivity index (χ0) is 12.0. The van der Waals surface area contributed by atoms with Crippen LogP contribution in [0.1, 0.15) is 5.56 Å². The Balaban J connectivity index is 2.63. The Kier molecular flexibility index (Phi) is 4.95. The molecule has 2 N–H and O–H groups in total. The summed E-state index contributed by atoms with van der Waals surface area (Å²) in [5.74, 6) is -0.291. The van der Waals surface area contributed by atoms with Crippen LogP contribution >= 0.6 is 0 Å². The highest BCUT2D eigenvalue weighted by molar-refractivity contribution is 5.75. The Bertz CT molecular complexity index is 327. The normalized spacial score (nSPS) is 12.5. The first-order valence-corrected chi connectivity index (χ1v) is 5.21. The number of nitrogens with zero attached hydrogens (tertiary/aromatic N) is 1. The molecule has 1 aromatic carbocycles. The van der Waals surface area contributed by atoms with E-state index >= 15 is 0 Å². The van der Waals surface area contributed by atoms with E-state index < -0.39 is 0 Å². The summed E-state index contributed by atoms with van der Waals surface area (Å²) in [7, 11) is 3.24. The fraction of sp³-hybridized carbons (Fsp3) is 0.417. The molecule has 1 aromatic rings. The van der Waals surface area contributed by atoms with Crippen molar-refractivity contribution in [3.8, 4) is 0 Å². The predicted octanol–water partition coefficient (Wildman–Crippen LogP) is 0.619. The van der Waals surface area contributed by atoms with Gasteiger partial charge < -0.3 is 10.5 Å². The third kappa shape index (κ3) is 3.32. The third-order valence-corrected chi connectivity index (χ3v) is 2.50. The average Bonchev–Trinajstić information content (AvgIpc) is 2.31. The maximum Gasteiger partial charge on any atom is 0.324 e. The number of hydrogen-bond acceptors (Lipinski definition) is 4. The minimum atomic E-state index is -0.384. The SMILES string of the molecule is COC(=O)[C@H](CN)N(C)Cc1ccccc1. The fourth-order valence-electron chi connectivity index (χ4n) is 1.57. The second-order valence-electron chi connectivity index (χ2n) is 3.68. The molecule has 0 aliphatic heterocycles. The molecule has 0 aromatic heterocycles. The molecule has 0 amide bonds. The van der Waals surface area contributed by atoms with Gasteiger partial charge in [-0.1, -0.05) is 30.3 Å². The molecule has 0 aliphatic carbocycles. The predicted molar refractivity (Wildman–Crippen MR) is 62.8 cm³/mol. The maximum absolute atomic E-state index is 11.4. The van der Waals surface area contributed by atoms with E-state index in [0.717, 1.165) is 5.56 Å². The first kappa shape index (κ1) is 12.7. The zero-order valence-corrected chi connectivity index (χ0v) is 9.72. The minimum Gasteiger partial charge on any atom is -0.468 e. The van der Waals surface area contributed by atoms with Crippen molar-refractivity contribution in [3.63, 3.8) is 0 Å². The molecule has 0 aliphatic rings. The summed E-state index contributed by atoms with van der Waals surface area (Å²) in [6.07, 6.45) is 0. The van der Waals surface area contributed by atoms with Crippen LogP contribution in [0.25, 0.3) is 0 Å². The van der Waals surface area contributed by atoms with Crippen molar-refractivity contribution >= 4 is 5.97 Å². The van der Waals surface area contributed by atoms with E-state index in [1.54, 1.807) is 0 Å². The number of benzene rings is 1. The second kappa shape index (κ2) is 6.25. The molecule has 0 fully saturated rings. The molecule has 1 atom stereocenters. The molecule has 0 bridgehead atoms. The summed E-state index contributed by atoms with van der Waals surface area (Å²) in [5.41, 5.74) is 6.71. The third-order valence-electron chi connectivity index (χ3n) is 2.50. The lowest BCUT2D eigenvalue weighted by molar-refractivity contribution is -0.146. The molecular weight excluding hydrogens is 204 g/mol. The van der Waals surface area contributed by atoms with Gasteiger partial charge in [-0.25, -0.2) is 0 Å². The van der Waals surface area contributed by atoms with E-state index in [1.165, 1.54) is 7.11 Å². The van der Waals surface area contributed by atoms with Crippen LogP contribution in [-0.2, 0) is 16.1 Å². The molecule has 0 unspecified atom stereocenters. The van der Waals surface area contributed by atoms with E-state index in [4.69, 9.17) is 10.5 Å². The van der Waals surface area contributed by atoms with E-state index in [9.17, 15) is 4.79 Å². The first-order chi connectivity index (χ1) is 7.69. The van der Waals surface area contributed by atoms with Crippen LogP contribution in [0.15, 0.2) is 30.3 Å². The summed E-state index contributed by atoms with van der Waals surface area (Å²) in [5, 5.41) is 0. The summed E-state index contributed by atoms with van der Waals surface area (Å²) >= 11 is 0. The number of rotatable bonds is 5. The summed E-state index contributed by atoms with van der Waals surface area (Å²) in [4.78, 5) is 13.3. The molecule has 0 heterocycles. The fourth-order valence-corrected chi connectivity index (χ4v) is 1.57. The van der Waals surface area contributed by atoms with Crippen molar-refractivity contribution in [2.45, 2.75) is 12.6 Å². The van der Waals surface area contributed by atoms with Gasteiger partial charge in [0, 0.05) is 13.1 Å². The van der Waals surface area contributed by atoms with Gasteiger partial charge in [-0.05, 0) is 12.6 Å². The van der Waals surface area contributed by atoms with Crippen LogP contribution in [0.5, 0.6) is 0 Å². The summed E-state index contributed by atoms with van der Waals surface area (Å²) in [6.45, 7) is 0.938. The van der Waals surface area contributed by atoms with Gasteiger partial charge in [-0.3, -0.25) is 9.69 Å². The van der Waals surface area contributed by atoms with Crippen LogP contribution in [-0.4, -0.2) is 37.6 Å². The number of ether oxygens (including phenoxy) is 1. The number of likely N-dealkylation sites (N-methyl/N-ethyl adjacent to an activating group) is 1. The van der Waals surface area contributed by atoms with Gasteiger partial charge in [0.25, 0.3) is 0 Å². The molecule has 0 radical (unpaired) electrons. The zero-order valence-electron chi connectivity index (χ0n) is 9.72. The van der Waals surface area contributed by atoms with Crippen LogP contribution in [0.2, 0.25) is 0 Å². The Hall–Kier alpha value is -1.39. The van der Waals surface area contributed by atoms with Crippen molar-refractivity contribution in [1.82, 2.24) is 4.90 Å². The highest BCUT2D eigenvalue weighted by Gasteiger charge is 2.22. The molecule has 0 saturated carbocycles. The average molecular weight is 222 g/mol. The van der Waals surface area contributed by atoms with Crippen LogP contribution in [0, 0.1) is 0 Å². The van der Waals surface area contributed by atoms with Crippen molar-refractivity contribution in [2.24, 2.45) is 5.73 Å². The number of carbonyl (C=O) groups excluding carboxylic acids is 1. The van der Waals surface area contributed by atoms with Gasteiger partial charge in [-0.15, -0.1) is 0 Å². The Morgan fingerprint density at radius 3 is 2.56 bits per heavy atom. The Morgan fingerprint density at radius 1 is 1.44 bits per heavy atom. The highest BCUT2D eigenvalue weighted by atomic mass is 16.5. The minimum absolute atomic E-state index is 0.260. The number of esters is 1. The van der Waals surface area contributed by atoms with Crippen LogP contribution in [0.4, 0.5) is 0 Å². The number of nitrogens with two attached hydrogens (primary N) is 1. The smallest absolute Gasteiger partial charge is 0.324 e. The molecule has 88 valence electrons. The second-order valence-corrected chi connectivity index (χ2v) is 3.68. The van der Waals surface area contributed by atoms with Crippen molar-refractivity contribution < 1.29 is 9.53 Å². The van der Waals surface area contributed by atoms with E-state index in [0.29, 0.717) is 6.54 Å². The van der Waals surface area contributed by atoms with Gasteiger partial charge in [0.2, 0.25) is 0 Å². The summed E-state index contributed by atoms with van der Waals surface area (Å²) < 4.78 is 4.70. The van der Waals surface area contributed by atoms with Crippen molar-refractivity contribution in [3.05, 3.63) is 35.9 Å². The highest BCUT2D eigenvalue weighted by Crippen LogP contribution is 2.06. The van der Waals surface area contributed by atoms with Gasteiger partial charge >= 0.3 is 5.97 Å². The maximum atomic E-state index is 11.4. The lowest BCUT2D eigenvalue weighted by atomic mass is 10.2. The van der Waals surface area contributed by atoms with Crippen molar-refractivity contribution in [2.75, 3.05) is 20.7 Å². The Morgan fingerprint density at radius 2 is 2.06 bits per heavy atom. The molecule has 0 spiro atoms. The molecule has 0 saturated heterocycles. The number of methoxy groups -OCH3 is 1. The van der Waals surface area contributed by atoms with Crippen molar-refractivity contribution in [1.29, 1.82) is 0 Å². The molecule has 4 nitrogen and oxygen atoms in total. The monoisotopic (exact) mass is 222 g/mol. The van der Waals surface area contributed by atoms with Crippen LogP contribution < -0.4 is 5.73 Å². The molecular formula is C12H18N2O2.